The van der Waals surface area contributed by atoms with E-state index >= 15 is 0 Å². The normalized spacial score (nSPS) is 24.5. The van der Waals surface area contributed by atoms with Crippen LogP contribution in [-0.4, -0.2) is 26.7 Å². The van der Waals surface area contributed by atoms with Crippen LogP contribution in [0.2, 0.25) is 0 Å². The Hall–Kier alpha value is -1.39. The summed E-state index contributed by atoms with van der Waals surface area (Å²) in [6.45, 7) is 2.89. The third-order valence-corrected chi connectivity index (χ3v) is 3.42. The molecule has 1 heterocycles. The maximum absolute atomic E-state index is 11.7. The molecular formula is C12H20N4O. The van der Waals surface area contributed by atoms with Gasteiger partial charge in [0.2, 0.25) is 5.91 Å². The standard InChI is InChI=1S/C12H20N4O/c1-10-2-4-11(5-3-10)15-12(17)6-7-16-9-13-8-14-16/h8-11H,2-7H2,1H3,(H,15,17). The summed E-state index contributed by atoms with van der Waals surface area (Å²) in [7, 11) is 0. The van der Waals surface area contributed by atoms with Gasteiger partial charge in [-0.1, -0.05) is 6.92 Å². The summed E-state index contributed by atoms with van der Waals surface area (Å²) in [6.07, 6.45) is 8.31. The van der Waals surface area contributed by atoms with Crippen molar-refractivity contribution in [3.8, 4) is 0 Å². The Labute approximate surface area is 102 Å². The first-order valence-corrected chi connectivity index (χ1v) is 6.36. The molecule has 0 bridgehead atoms. The molecule has 1 aromatic heterocycles. The van der Waals surface area contributed by atoms with Gasteiger partial charge in [-0.15, -0.1) is 0 Å². The van der Waals surface area contributed by atoms with Crippen LogP contribution < -0.4 is 5.32 Å². The molecule has 5 nitrogen and oxygen atoms in total. The number of carbonyl (C=O) groups is 1. The highest BCUT2D eigenvalue weighted by atomic mass is 16.1. The molecule has 1 saturated carbocycles. The Bertz CT molecular complexity index is 341. The van der Waals surface area contributed by atoms with Gasteiger partial charge < -0.3 is 5.32 Å². The molecule has 2 rings (SSSR count). The monoisotopic (exact) mass is 236 g/mol. The second-order valence-corrected chi connectivity index (χ2v) is 4.93. The van der Waals surface area contributed by atoms with Gasteiger partial charge in [0.25, 0.3) is 0 Å². The van der Waals surface area contributed by atoms with E-state index in [0.29, 0.717) is 19.0 Å². The van der Waals surface area contributed by atoms with Crippen LogP contribution >= 0.6 is 0 Å². The van der Waals surface area contributed by atoms with Crippen molar-refractivity contribution in [1.29, 1.82) is 0 Å². The van der Waals surface area contributed by atoms with Crippen molar-refractivity contribution in [3.63, 3.8) is 0 Å². The first-order valence-electron chi connectivity index (χ1n) is 6.36. The number of nitrogens with zero attached hydrogens (tertiary/aromatic N) is 3. The number of nitrogens with one attached hydrogen (secondary N) is 1. The molecule has 0 radical (unpaired) electrons. The molecule has 1 aliphatic rings. The molecule has 5 heteroatoms. The zero-order chi connectivity index (χ0) is 12.1. The van der Waals surface area contributed by atoms with Crippen LogP contribution in [0.1, 0.15) is 39.0 Å². The molecule has 1 aromatic rings. The van der Waals surface area contributed by atoms with E-state index in [4.69, 9.17) is 0 Å². The smallest absolute Gasteiger partial charge is 0.222 e. The average molecular weight is 236 g/mol. The van der Waals surface area contributed by atoms with E-state index in [1.165, 1.54) is 19.2 Å². The van der Waals surface area contributed by atoms with Crippen LogP contribution in [-0.2, 0) is 11.3 Å². The lowest BCUT2D eigenvalue weighted by atomic mass is 9.87. The minimum absolute atomic E-state index is 0.125. The van der Waals surface area contributed by atoms with E-state index in [9.17, 15) is 4.79 Å². The third-order valence-electron chi connectivity index (χ3n) is 3.42. The van der Waals surface area contributed by atoms with Gasteiger partial charge in [0, 0.05) is 12.5 Å². The Morgan fingerprint density at radius 1 is 1.41 bits per heavy atom. The highest BCUT2D eigenvalue weighted by molar-refractivity contribution is 5.76. The largest absolute Gasteiger partial charge is 0.353 e. The van der Waals surface area contributed by atoms with Gasteiger partial charge in [0.15, 0.2) is 0 Å². The predicted octanol–water partition coefficient (Wildman–Crippen LogP) is 1.36. The van der Waals surface area contributed by atoms with Crippen molar-refractivity contribution < 1.29 is 4.79 Å². The Morgan fingerprint density at radius 3 is 2.82 bits per heavy atom. The Balaban J connectivity index is 1.67. The van der Waals surface area contributed by atoms with Crippen molar-refractivity contribution in [2.24, 2.45) is 5.92 Å². The molecule has 0 atom stereocenters. The zero-order valence-electron chi connectivity index (χ0n) is 10.3. The lowest BCUT2D eigenvalue weighted by molar-refractivity contribution is -0.122. The van der Waals surface area contributed by atoms with E-state index in [1.54, 1.807) is 11.0 Å². The Morgan fingerprint density at radius 2 is 2.18 bits per heavy atom. The van der Waals surface area contributed by atoms with E-state index in [-0.39, 0.29) is 5.91 Å². The molecule has 0 aromatic carbocycles. The summed E-state index contributed by atoms with van der Waals surface area (Å²) in [5.74, 6) is 0.943. The number of aryl methyl sites for hydroxylation is 1. The maximum Gasteiger partial charge on any atom is 0.222 e. The van der Waals surface area contributed by atoms with Crippen LogP contribution in [0.15, 0.2) is 12.7 Å². The van der Waals surface area contributed by atoms with Crippen molar-refractivity contribution in [2.75, 3.05) is 0 Å². The molecule has 94 valence electrons. The van der Waals surface area contributed by atoms with Gasteiger partial charge >= 0.3 is 0 Å². The summed E-state index contributed by atoms with van der Waals surface area (Å²) in [5, 5.41) is 7.07. The maximum atomic E-state index is 11.7. The summed E-state index contributed by atoms with van der Waals surface area (Å²) >= 11 is 0. The quantitative estimate of drug-likeness (QED) is 0.858. The van der Waals surface area contributed by atoms with Crippen molar-refractivity contribution in [1.82, 2.24) is 20.1 Å². The second kappa shape index (κ2) is 5.80. The van der Waals surface area contributed by atoms with Crippen LogP contribution in [0.4, 0.5) is 0 Å². The van der Waals surface area contributed by atoms with Gasteiger partial charge in [-0.3, -0.25) is 9.48 Å². The summed E-state index contributed by atoms with van der Waals surface area (Å²) < 4.78 is 1.68. The van der Waals surface area contributed by atoms with Crippen molar-refractivity contribution in [2.45, 2.75) is 51.6 Å². The van der Waals surface area contributed by atoms with E-state index in [2.05, 4.69) is 22.3 Å². The van der Waals surface area contributed by atoms with Crippen LogP contribution in [0.5, 0.6) is 0 Å². The number of aromatic nitrogens is 3. The SMILES string of the molecule is CC1CCC(NC(=O)CCn2cncn2)CC1. The van der Waals surface area contributed by atoms with Gasteiger partial charge in [0.05, 0.1) is 6.54 Å². The van der Waals surface area contributed by atoms with Crippen LogP contribution in [0, 0.1) is 5.92 Å². The minimum atomic E-state index is 0.125. The molecule has 1 fully saturated rings. The summed E-state index contributed by atoms with van der Waals surface area (Å²) in [6, 6.07) is 0.384. The predicted molar refractivity (Wildman–Crippen MR) is 64.2 cm³/mol. The fraction of sp³-hybridized carbons (Fsp3) is 0.750. The number of carbonyl (C=O) groups excluding carboxylic acids is 1. The van der Waals surface area contributed by atoms with Gasteiger partial charge in [-0.2, -0.15) is 5.10 Å². The minimum Gasteiger partial charge on any atom is -0.353 e. The molecular weight excluding hydrogens is 216 g/mol. The fourth-order valence-electron chi connectivity index (χ4n) is 2.27. The van der Waals surface area contributed by atoms with Crippen LogP contribution in [0.25, 0.3) is 0 Å². The molecule has 0 saturated heterocycles. The number of hydrogen-bond donors (Lipinski definition) is 1. The van der Waals surface area contributed by atoms with Crippen molar-refractivity contribution in [3.05, 3.63) is 12.7 Å². The molecule has 17 heavy (non-hydrogen) atoms. The molecule has 1 aliphatic carbocycles. The van der Waals surface area contributed by atoms with E-state index < -0.39 is 0 Å². The van der Waals surface area contributed by atoms with Gasteiger partial charge in [-0.05, 0) is 31.6 Å². The Kier molecular flexibility index (Phi) is 4.12. The van der Waals surface area contributed by atoms with E-state index in [1.807, 2.05) is 0 Å². The molecule has 0 spiro atoms. The number of hydrogen-bond acceptors (Lipinski definition) is 3. The fourth-order valence-corrected chi connectivity index (χ4v) is 2.27. The van der Waals surface area contributed by atoms with Crippen LogP contribution in [0.3, 0.4) is 0 Å². The zero-order valence-corrected chi connectivity index (χ0v) is 10.3. The lowest BCUT2D eigenvalue weighted by Crippen LogP contribution is -2.37. The highest BCUT2D eigenvalue weighted by Gasteiger charge is 2.19. The first-order chi connectivity index (χ1) is 8.24. The van der Waals surface area contributed by atoms with Gasteiger partial charge in [0.1, 0.15) is 12.7 Å². The number of amides is 1. The van der Waals surface area contributed by atoms with Gasteiger partial charge in [-0.25, -0.2) is 4.98 Å². The van der Waals surface area contributed by atoms with Crippen molar-refractivity contribution >= 4 is 5.91 Å². The highest BCUT2D eigenvalue weighted by Crippen LogP contribution is 2.23. The third kappa shape index (κ3) is 3.84. The first kappa shape index (κ1) is 12.1. The molecule has 0 aliphatic heterocycles. The topological polar surface area (TPSA) is 59.8 Å². The molecule has 1 N–H and O–H groups in total. The summed E-state index contributed by atoms with van der Waals surface area (Å²) in [4.78, 5) is 15.6. The molecule has 0 unspecified atom stereocenters. The number of rotatable bonds is 4. The second-order valence-electron chi connectivity index (χ2n) is 4.93. The average Bonchev–Trinajstić information content (AvgIpc) is 2.83. The molecule has 1 amide bonds. The lowest BCUT2D eigenvalue weighted by Gasteiger charge is -2.26. The van der Waals surface area contributed by atoms with E-state index in [0.717, 1.165) is 18.8 Å². The summed E-state index contributed by atoms with van der Waals surface area (Å²) in [5.41, 5.74) is 0.